The number of methoxy groups -OCH3 is 2. The molecule has 0 spiro atoms. The van der Waals surface area contributed by atoms with Crippen molar-refractivity contribution >= 4 is 23.2 Å². The minimum absolute atomic E-state index is 0.0921. The largest absolute Gasteiger partial charge is 0.497 e. The van der Waals surface area contributed by atoms with Crippen LogP contribution in [0.3, 0.4) is 0 Å². The summed E-state index contributed by atoms with van der Waals surface area (Å²) in [5.74, 6) is -0.259. The average Bonchev–Trinajstić information content (AvgIpc) is 3.36. The van der Waals surface area contributed by atoms with E-state index in [2.05, 4.69) is 11.4 Å². The molecule has 0 saturated heterocycles. The van der Waals surface area contributed by atoms with Crippen LogP contribution in [-0.4, -0.2) is 62.1 Å². The number of hydrogen-bond acceptors (Lipinski definition) is 5. The van der Waals surface area contributed by atoms with Gasteiger partial charge in [-0.1, -0.05) is 18.2 Å². The second-order valence-electron chi connectivity index (χ2n) is 8.40. The van der Waals surface area contributed by atoms with E-state index in [0.717, 1.165) is 23.3 Å². The van der Waals surface area contributed by atoms with Gasteiger partial charge in [-0.05, 0) is 65.7 Å². The summed E-state index contributed by atoms with van der Waals surface area (Å²) in [5.41, 5.74) is 2.32. The Balaban J connectivity index is 1.60. The lowest BCUT2D eigenvalue weighted by Gasteiger charge is -2.37. The van der Waals surface area contributed by atoms with E-state index in [-0.39, 0.29) is 30.0 Å². The van der Waals surface area contributed by atoms with Crippen molar-refractivity contribution in [1.82, 2.24) is 9.80 Å². The Hall–Kier alpha value is -3.23. The number of rotatable bonds is 9. The monoisotopic (exact) mass is 496 g/mol. The zero-order chi connectivity index (χ0) is 24.8. The van der Waals surface area contributed by atoms with Crippen LogP contribution in [0.5, 0.6) is 5.75 Å². The van der Waals surface area contributed by atoms with Crippen LogP contribution in [0, 0.1) is 5.82 Å². The van der Waals surface area contributed by atoms with E-state index in [1.54, 1.807) is 31.6 Å². The van der Waals surface area contributed by atoms with Gasteiger partial charge in [0.15, 0.2) is 0 Å². The molecule has 6 nitrogen and oxygen atoms in total. The molecule has 184 valence electrons. The number of carbonyl (C=O) groups is 2. The summed E-state index contributed by atoms with van der Waals surface area (Å²) in [4.78, 5) is 31.5. The standard InChI is InChI=1S/C27H29FN2O4S/c1-33-15-4-13-29(27(32)20-5-3-6-21(28)17-20)18-25(31)30-14-11-24-23(12-16-35-24)26(30)19-7-9-22(34-2)10-8-19/h3,5-10,12,16-17,26H,4,11,13-15,18H2,1-2H3. The van der Waals surface area contributed by atoms with Gasteiger partial charge in [-0.15, -0.1) is 11.3 Å². The molecule has 0 saturated carbocycles. The molecule has 0 radical (unpaired) electrons. The van der Waals surface area contributed by atoms with Crippen LogP contribution in [0.25, 0.3) is 0 Å². The number of amides is 2. The molecule has 1 atom stereocenters. The Kier molecular flexibility index (Phi) is 8.15. The van der Waals surface area contributed by atoms with Crippen molar-refractivity contribution in [3.8, 4) is 5.75 Å². The van der Waals surface area contributed by atoms with Gasteiger partial charge < -0.3 is 19.3 Å². The molecule has 8 heteroatoms. The molecule has 2 amide bonds. The van der Waals surface area contributed by atoms with E-state index in [0.29, 0.717) is 26.1 Å². The smallest absolute Gasteiger partial charge is 0.254 e. The van der Waals surface area contributed by atoms with E-state index in [1.165, 1.54) is 28.0 Å². The summed E-state index contributed by atoms with van der Waals surface area (Å²) in [7, 11) is 3.21. The number of thiophene rings is 1. The maximum Gasteiger partial charge on any atom is 0.254 e. The molecule has 1 aromatic heterocycles. The molecule has 0 aliphatic carbocycles. The second-order valence-corrected chi connectivity index (χ2v) is 9.40. The van der Waals surface area contributed by atoms with Gasteiger partial charge in [-0.3, -0.25) is 9.59 Å². The van der Waals surface area contributed by atoms with Crippen LogP contribution in [0.1, 0.15) is 38.8 Å². The van der Waals surface area contributed by atoms with Gasteiger partial charge in [0.2, 0.25) is 5.91 Å². The Morgan fingerprint density at radius 2 is 1.94 bits per heavy atom. The lowest BCUT2D eigenvalue weighted by atomic mass is 9.93. The predicted octanol–water partition coefficient (Wildman–Crippen LogP) is 4.55. The molecule has 1 aliphatic rings. The highest BCUT2D eigenvalue weighted by Crippen LogP contribution is 2.38. The summed E-state index contributed by atoms with van der Waals surface area (Å²) >= 11 is 1.70. The number of carbonyl (C=O) groups excluding carboxylic acids is 2. The van der Waals surface area contributed by atoms with Gasteiger partial charge >= 0.3 is 0 Å². The van der Waals surface area contributed by atoms with Crippen molar-refractivity contribution in [3.05, 3.63) is 87.4 Å². The fraction of sp³-hybridized carbons (Fsp3) is 0.333. The summed E-state index contributed by atoms with van der Waals surface area (Å²) in [6.45, 7) is 1.26. The van der Waals surface area contributed by atoms with Crippen molar-refractivity contribution in [1.29, 1.82) is 0 Å². The van der Waals surface area contributed by atoms with E-state index < -0.39 is 5.82 Å². The van der Waals surface area contributed by atoms with Crippen LogP contribution in [0.2, 0.25) is 0 Å². The van der Waals surface area contributed by atoms with Crippen molar-refractivity contribution in [3.63, 3.8) is 0 Å². The number of halogens is 1. The summed E-state index contributed by atoms with van der Waals surface area (Å²) in [6.07, 6.45) is 1.34. The minimum atomic E-state index is -0.486. The molecular weight excluding hydrogens is 467 g/mol. The maximum atomic E-state index is 13.8. The summed E-state index contributed by atoms with van der Waals surface area (Å²) in [6, 6.07) is 15.1. The quantitative estimate of drug-likeness (QED) is 0.408. The Morgan fingerprint density at radius 3 is 2.66 bits per heavy atom. The van der Waals surface area contributed by atoms with Crippen molar-refractivity contribution in [2.45, 2.75) is 18.9 Å². The number of ether oxygens (including phenoxy) is 2. The molecule has 35 heavy (non-hydrogen) atoms. The average molecular weight is 497 g/mol. The fourth-order valence-corrected chi connectivity index (χ4v) is 5.34. The molecular formula is C27H29FN2O4S. The van der Waals surface area contributed by atoms with Crippen molar-refractivity contribution in [2.24, 2.45) is 0 Å². The molecule has 4 rings (SSSR count). The van der Waals surface area contributed by atoms with Crippen LogP contribution in [0.4, 0.5) is 4.39 Å². The molecule has 3 aromatic rings. The van der Waals surface area contributed by atoms with Gasteiger partial charge in [0.1, 0.15) is 18.1 Å². The number of benzene rings is 2. The zero-order valence-electron chi connectivity index (χ0n) is 19.9. The Labute approximate surface area is 208 Å². The van der Waals surface area contributed by atoms with Crippen LogP contribution >= 0.6 is 11.3 Å². The molecule has 0 bridgehead atoms. The highest BCUT2D eigenvalue weighted by atomic mass is 32.1. The first-order chi connectivity index (χ1) is 17.0. The third-order valence-electron chi connectivity index (χ3n) is 6.18. The summed E-state index contributed by atoms with van der Waals surface area (Å²) < 4.78 is 24.2. The van der Waals surface area contributed by atoms with Gasteiger partial charge in [-0.25, -0.2) is 4.39 Å². The zero-order valence-corrected chi connectivity index (χ0v) is 20.7. The Bertz CT molecular complexity index is 1160. The lowest BCUT2D eigenvalue weighted by molar-refractivity contribution is -0.134. The third kappa shape index (κ3) is 5.71. The number of fused-ring (bicyclic) bond motifs is 1. The van der Waals surface area contributed by atoms with Gasteiger partial charge in [0, 0.05) is 37.2 Å². The van der Waals surface area contributed by atoms with Crippen LogP contribution in [-0.2, 0) is 16.0 Å². The highest BCUT2D eigenvalue weighted by molar-refractivity contribution is 7.10. The SMILES string of the molecule is COCCCN(CC(=O)N1CCc2sccc2C1c1ccc(OC)cc1)C(=O)c1cccc(F)c1. The van der Waals surface area contributed by atoms with Gasteiger partial charge in [0.25, 0.3) is 5.91 Å². The van der Waals surface area contributed by atoms with Gasteiger partial charge in [-0.2, -0.15) is 0 Å². The first kappa shape index (κ1) is 24.9. The third-order valence-corrected chi connectivity index (χ3v) is 7.18. The first-order valence-corrected chi connectivity index (χ1v) is 12.4. The number of hydrogen-bond donors (Lipinski definition) is 0. The van der Waals surface area contributed by atoms with Crippen molar-refractivity contribution < 1.29 is 23.5 Å². The predicted molar refractivity (Wildman–Crippen MR) is 133 cm³/mol. The molecule has 2 heterocycles. The normalized spacial score (nSPS) is 14.9. The Morgan fingerprint density at radius 1 is 1.14 bits per heavy atom. The van der Waals surface area contributed by atoms with E-state index in [1.807, 2.05) is 29.2 Å². The van der Waals surface area contributed by atoms with E-state index in [9.17, 15) is 14.0 Å². The minimum Gasteiger partial charge on any atom is -0.497 e. The molecule has 0 fully saturated rings. The molecule has 2 aromatic carbocycles. The van der Waals surface area contributed by atoms with E-state index >= 15 is 0 Å². The fourth-order valence-electron chi connectivity index (χ4n) is 4.44. The molecule has 1 unspecified atom stereocenters. The second kappa shape index (κ2) is 11.5. The molecule has 0 N–H and O–H groups in total. The maximum absolute atomic E-state index is 13.8. The molecule has 1 aliphatic heterocycles. The topological polar surface area (TPSA) is 59.1 Å². The van der Waals surface area contributed by atoms with E-state index in [4.69, 9.17) is 9.47 Å². The van der Waals surface area contributed by atoms with Crippen molar-refractivity contribution in [2.75, 3.05) is 40.5 Å². The first-order valence-electron chi connectivity index (χ1n) is 11.5. The van der Waals surface area contributed by atoms with Gasteiger partial charge in [0.05, 0.1) is 13.2 Å². The summed E-state index contributed by atoms with van der Waals surface area (Å²) in [5, 5.41) is 2.06. The van der Waals surface area contributed by atoms with Crippen LogP contribution < -0.4 is 4.74 Å². The number of nitrogens with zero attached hydrogens (tertiary/aromatic N) is 2. The highest BCUT2D eigenvalue weighted by Gasteiger charge is 2.34. The lowest BCUT2D eigenvalue weighted by Crippen LogP contribution is -2.47. The van der Waals surface area contributed by atoms with Crippen LogP contribution in [0.15, 0.2) is 60.0 Å².